The van der Waals surface area contributed by atoms with Gasteiger partial charge in [0, 0.05) is 12.5 Å². The molecule has 0 heterocycles. The van der Waals surface area contributed by atoms with Gasteiger partial charge >= 0.3 is 0 Å². The van der Waals surface area contributed by atoms with Crippen LogP contribution in [0.25, 0.3) is 0 Å². The molecule has 3 N–H and O–H groups in total. The Kier molecular flexibility index (Phi) is 5.48. The molecule has 0 fully saturated rings. The van der Waals surface area contributed by atoms with Crippen LogP contribution >= 0.6 is 0 Å². The van der Waals surface area contributed by atoms with E-state index in [1.807, 2.05) is 13.0 Å². The first-order chi connectivity index (χ1) is 10.1. The van der Waals surface area contributed by atoms with E-state index in [1.165, 1.54) is 23.3 Å². The third-order valence-electron chi connectivity index (χ3n) is 3.84. The number of rotatable bonds is 6. The molecule has 0 spiro atoms. The Morgan fingerprint density at radius 1 is 1.14 bits per heavy atom. The lowest BCUT2D eigenvalue weighted by Gasteiger charge is -2.22. The van der Waals surface area contributed by atoms with E-state index in [9.17, 15) is 9.50 Å². The van der Waals surface area contributed by atoms with Crippen molar-refractivity contribution >= 4 is 0 Å². The van der Waals surface area contributed by atoms with Crippen LogP contribution in [-0.4, -0.2) is 17.8 Å². The summed E-state index contributed by atoms with van der Waals surface area (Å²) in [4.78, 5) is 0. The predicted molar refractivity (Wildman–Crippen MR) is 83.7 cm³/mol. The number of halogens is 1. The molecule has 2 unspecified atom stereocenters. The van der Waals surface area contributed by atoms with E-state index in [2.05, 4.69) is 24.3 Å². The average Bonchev–Trinajstić information content (AvgIpc) is 2.47. The molecule has 0 aliphatic rings. The summed E-state index contributed by atoms with van der Waals surface area (Å²) >= 11 is 0. The number of hydrogen-bond acceptors (Lipinski definition) is 2. The van der Waals surface area contributed by atoms with Gasteiger partial charge in [0.05, 0.1) is 6.10 Å². The highest BCUT2D eigenvalue weighted by atomic mass is 19.1. The van der Waals surface area contributed by atoms with Crippen LogP contribution in [0.4, 0.5) is 4.39 Å². The molecule has 0 bridgehead atoms. The number of aliphatic hydroxyl groups excluding tert-OH is 1. The predicted octanol–water partition coefficient (Wildman–Crippen LogP) is 3.17. The molecular formula is C18H22FNO. The van der Waals surface area contributed by atoms with Gasteiger partial charge in [0.25, 0.3) is 0 Å². The van der Waals surface area contributed by atoms with Crippen LogP contribution in [0.15, 0.2) is 48.5 Å². The van der Waals surface area contributed by atoms with Crippen LogP contribution in [0.1, 0.15) is 29.0 Å². The van der Waals surface area contributed by atoms with Gasteiger partial charge in [-0.2, -0.15) is 0 Å². The van der Waals surface area contributed by atoms with Gasteiger partial charge in [-0.25, -0.2) is 4.39 Å². The second-order valence-electron chi connectivity index (χ2n) is 5.49. The summed E-state index contributed by atoms with van der Waals surface area (Å²) in [5, 5.41) is 10.4. The molecular weight excluding hydrogens is 265 g/mol. The molecule has 3 heteroatoms. The number of nitrogens with two attached hydrogens (primary N) is 1. The van der Waals surface area contributed by atoms with E-state index in [0.717, 1.165) is 12.0 Å². The van der Waals surface area contributed by atoms with Crippen LogP contribution in [0.2, 0.25) is 0 Å². The molecule has 2 atom stereocenters. The standard InChI is InChI=1S/C18H22FNO/c1-13-5-7-14(8-6-13)9-10-18(21)17(12-20)15-3-2-4-16(19)11-15/h2-8,11,17-18,21H,9-10,12,20H2,1H3. The minimum Gasteiger partial charge on any atom is -0.392 e. The molecule has 2 aromatic carbocycles. The van der Waals surface area contributed by atoms with Crippen molar-refractivity contribution in [3.05, 3.63) is 71.0 Å². The fourth-order valence-corrected chi connectivity index (χ4v) is 2.52. The van der Waals surface area contributed by atoms with Crippen molar-refractivity contribution in [1.82, 2.24) is 0 Å². The Hall–Kier alpha value is -1.71. The quantitative estimate of drug-likeness (QED) is 0.857. The lowest BCUT2D eigenvalue weighted by Crippen LogP contribution is -2.26. The second kappa shape index (κ2) is 7.34. The van der Waals surface area contributed by atoms with Crippen LogP contribution in [0.5, 0.6) is 0 Å². The van der Waals surface area contributed by atoms with E-state index in [-0.39, 0.29) is 11.7 Å². The van der Waals surface area contributed by atoms with Crippen LogP contribution in [-0.2, 0) is 6.42 Å². The maximum atomic E-state index is 13.3. The molecule has 0 aliphatic heterocycles. The van der Waals surface area contributed by atoms with Crippen molar-refractivity contribution in [3.63, 3.8) is 0 Å². The van der Waals surface area contributed by atoms with Gasteiger partial charge in [0.2, 0.25) is 0 Å². The highest BCUT2D eigenvalue weighted by Crippen LogP contribution is 2.23. The van der Waals surface area contributed by atoms with Gasteiger partial charge in [0.1, 0.15) is 5.82 Å². The van der Waals surface area contributed by atoms with Gasteiger partial charge in [-0.15, -0.1) is 0 Å². The summed E-state index contributed by atoms with van der Waals surface area (Å²) in [5.74, 6) is -0.525. The maximum absolute atomic E-state index is 13.3. The lowest BCUT2D eigenvalue weighted by atomic mass is 9.90. The summed E-state index contributed by atoms with van der Waals surface area (Å²) in [6.45, 7) is 2.35. The Morgan fingerprint density at radius 2 is 1.86 bits per heavy atom. The van der Waals surface area contributed by atoms with Crippen molar-refractivity contribution in [2.24, 2.45) is 5.73 Å². The molecule has 21 heavy (non-hydrogen) atoms. The average molecular weight is 287 g/mol. The molecule has 0 saturated carbocycles. The lowest BCUT2D eigenvalue weighted by molar-refractivity contribution is 0.136. The third-order valence-corrected chi connectivity index (χ3v) is 3.84. The largest absolute Gasteiger partial charge is 0.392 e. The Balaban J connectivity index is 2.00. The second-order valence-corrected chi connectivity index (χ2v) is 5.49. The van der Waals surface area contributed by atoms with Gasteiger partial charge in [-0.1, -0.05) is 42.0 Å². The van der Waals surface area contributed by atoms with Gasteiger partial charge in [-0.3, -0.25) is 0 Å². The van der Waals surface area contributed by atoms with Gasteiger partial charge in [-0.05, 0) is 43.0 Å². The van der Waals surface area contributed by atoms with Crippen molar-refractivity contribution in [3.8, 4) is 0 Å². The summed E-state index contributed by atoms with van der Waals surface area (Å²) in [5.41, 5.74) is 8.93. The van der Waals surface area contributed by atoms with Crippen LogP contribution < -0.4 is 5.73 Å². The molecule has 2 rings (SSSR count). The first-order valence-electron chi connectivity index (χ1n) is 7.29. The van der Waals surface area contributed by atoms with E-state index >= 15 is 0 Å². The van der Waals surface area contributed by atoms with E-state index in [4.69, 9.17) is 5.73 Å². The molecule has 0 saturated heterocycles. The zero-order valence-electron chi connectivity index (χ0n) is 12.3. The summed E-state index contributed by atoms with van der Waals surface area (Å²) < 4.78 is 13.3. The zero-order chi connectivity index (χ0) is 15.2. The molecule has 0 aromatic heterocycles. The smallest absolute Gasteiger partial charge is 0.123 e. The van der Waals surface area contributed by atoms with Crippen molar-refractivity contribution in [1.29, 1.82) is 0 Å². The summed E-state index contributed by atoms with van der Waals surface area (Å²) in [7, 11) is 0. The Morgan fingerprint density at radius 3 is 2.48 bits per heavy atom. The number of hydrogen-bond donors (Lipinski definition) is 2. The summed E-state index contributed by atoms with van der Waals surface area (Å²) in [6, 6.07) is 14.6. The first-order valence-corrected chi connectivity index (χ1v) is 7.29. The molecule has 0 aliphatic carbocycles. The first kappa shape index (κ1) is 15.7. The van der Waals surface area contributed by atoms with Crippen molar-refractivity contribution in [2.45, 2.75) is 31.8 Å². The number of aliphatic hydroxyl groups is 1. The molecule has 0 amide bonds. The van der Waals surface area contributed by atoms with Crippen LogP contribution in [0.3, 0.4) is 0 Å². The molecule has 112 valence electrons. The Bertz CT molecular complexity index is 568. The maximum Gasteiger partial charge on any atom is 0.123 e. The van der Waals surface area contributed by atoms with E-state index < -0.39 is 6.10 Å². The van der Waals surface area contributed by atoms with Crippen LogP contribution in [0, 0.1) is 12.7 Å². The zero-order valence-corrected chi connectivity index (χ0v) is 12.3. The topological polar surface area (TPSA) is 46.2 Å². The van der Waals surface area contributed by atoms with E-state index in [0.29, 0.717) is 13.0 Å². The molecule has 2 aromatic rings. The Labute approximate surface area is 125 Å². The minimum absolute atomic E-state index is 0.230. The number of aryl methyl sites for hydroxylation is 2. The number of benzene rings is 2. The summed E-state index contributed by atoms with van der Waals surface area (Å²) in [6.07, 6.45) is 0.826. The highest BCUT2D eigenvalue weighted by Gasteiger charge is 2.20. The monoisotopic (exact) mass is 287 g/mol. The fraction of sp³-hybridized carbons (Fsp3) is 0.333. The minimum atomic E-state index is -0.571. The van der Waals surface area contributed by atoms with Crippen molar-refractivity contribution < 1.29 is 9.50 Å². The SMILES string of the molecule is Cc1ccc(CCC(O)C(CN)c2cccc(F)c2)cc1. The molecule has 2 nitrogen and oxygen atoms in total. The van der Waals surface area contributed by atoms with E-state index in [1.54, 1.807) is 6.07 Å². The van der Waals surface area contributed by atoms with Gasteiger partial charge < -0.3 is 10.8 Å². The third kappa shape index (κ3) is 4.38. The normalized spacial score (nSPS) is 13.9. The molecule has 0 radical (unpaired) electrons. The highest BCUT2D eigenvalue weighted by molar-refractivity contribution is 5.24. The van der Waals surface area contributed by atoms with Gasteiger partial charge in [0.15, 0.2) is 0 Å². The fourth-order valence-electron chi connectivity index (χ4n) is 2.52. The van der Waals surface area contributed by atoms with Crippen molar-refractivity contribution in [2.75, 3.05) is 6.54 Å².